The molecule has 2 aromatic carbocycles. The van der Waals surface area contributed by atoms with Gasteiger partial charge in [-0.3, -0.25) is 0 Å². The predicted molar refractivity (Wildman–Crippen MR) is 85.1 cm³/mol. The topological polar surface area (TPSA) is 12.0 Å². The van der Waals surface area contributed by atoms with Crippen molar-refractivity contribution in [2.24, 2.45) is 0 Å². The van der Waals surface area contributed by atoms with Gasteiger partial charge in [0.05, 0.1) is 5.69 Å². The van der Waals surface area contributed by atoms with Gasteiger partial charge in [-0.05, 0) is 53.5 Å². The summed E-state index contributed by atoms with van der Waals surface area (Å²) < 4.78 is 2.15. The van der Waals surface area contributed by atoms with Gasteiger partial charge >= 0.3 is 0 Å². The zero-order valence-electron chi connectivity index (χ0n) is 10.4. The van der Waals surface area contributed by atoms with Crippen molar-refractivity contribution >= 4 is 37.5 Å². The minimum atomic E-state index is 0.274. The summed E-state index contributed by atoms with van der Waals surface area (Å²) in [5.41, 5.74) is 3.68. The second kappa shape index (κ2) is 5.89. The highest BCUT2D eigenvalue weighted by Gasteiger charge is 2.07. The van der Waals surface area contributed by atoms with Crippen LogP contribution in [-0.2, 0) is 0 Å². The van der Waals surface area contributed by atoms with Crippen molar-refractivity contribution in [1.29, 1.82) is 0 Å². The maximum atomic E-state index is 3.56. The largest absolute Gasteiger partial charge is 0.378 e. The smallest absolute Gasteiger partial charge is 0.0500 e. The van der Waals surface area contributed by atoms with E-state index in [-0.39, 0.29) is 6.04 Å². The number of nitrogens with one attached hydrogen (secondary N) is 1. The van der Waals surface area contributed by atoms with E-state index < -0.39 is 0 Å². The van der Waals surface area contributed by atoms with Crippen molar-refractivity contribution in [3.63, 3.8) is 0 Å². The second-order valence-electron chi connectivity index (χ2n) is 4.40. The molecule has 0 aromatic heterocycles. The average Bonchev–Trinajstić information content (AvgIpc) is 2.34. The SMILES string of the molecule is Cc1cccc(C(C)Nc2cc(Br)ccc2Br)c1. The van der Waals surface area contributed by atoms with Crippen molar-refractivity contribution in [1.82, 2.24) is 0 Å². The molecule has 0 bridgehead atoms. The summed E-state index contributed by atoms with van der Waals surface area (Å²) in [4.78, 5) is 0. The maximum absolute atomic E-state index is 3.56. The Morgan fingerprint density at radius 3 is 2.56 bits per heavy atom. The Morgan fingerprint density at radius 2 is 1.83 bits per heavy atom. The van der Waals surface area contributed by atoms with Gasteiger partial charge in [0, 0.05) is 15.0 Å². The molecule has 0 radical (unpaired) electrons. The molecule has 1 atom stereocenters. The standard InChI is InChI=1S/C15H15Br2N/c1-10-4-3-5-12(8-10)11(2)18-15-9-13(16)6-7-14(15)17/h3-9,11,18H,1-2H3. The summed E-state index contributed by atoms with van der Waals surface area (Å²) in [6.45, 7) is 4.29. The van der Waals surface area contributed by atoms with Crippen LogP contribution < -0.4 is 5.32 Å². The number of rotatable bonds is 3. The molecule has 18 heavy (non-hydrogen) atoms. The molecule has 0 amide bonds. The summed E-state index contributed by atoms with van der Waals surface area (Å²) in [5, 5.41) is 3.52. The summed E-state index contributed by atoms with van der Waals surface area (Å²) in [5.74, 6) is 0. The van der Waals surface area contributed by atoms with Crippen LogP contribution in [0.1, 0.15) is 24.1 Å². The van der Waals surface area contributed by atoms with Gasteiger partial charge in [0.2, 0.25) is 0 Å². The van der Waals surface area contributed by atoms with Gasteiger partial charge in [-0.15, -0.1) is 0 Å². The molecule has 0 saturated heterocycles. The molecule has 0 fully saturated rings. The fourth-order valence-electron chi connectivity index (χ4n) is 1.86. The predicted octanol–water partition coefficient (Wildman–Crippen LogP) is 5.69. The summed E-state index contributed by atoms with van der Waals surface area (Å²) in [6.07, 6.45) is 0. The Kier molecular flexibility index (Phi) is 4.46. The lowest BCUT2D eigenvalue weighted by molar-refractivity contribution is 0.881. The molecule has 0 aliphatic heterocycles. The monoisotopic (exact) mass is 367 g/mol. The second-order valence-corrected chi connectivity index (χ2v) is 6.17. The Hall–Kier alpha value is -0.800. The van der Waals surface area contributed by atoms with Crippen LogP contribution in [0.5, 0.6) is 0 Å². The van der Waals surface area contributed by atoms with E-state index in [1.807, 2.05) is 12.1 Å². The Labute approximate surface area is 125 Å². The Balaban J connectivity index is 2.21. The highest BCUT2D eigenvalue weighted by atomic mass is 79.9. The van der Waals surface area contributed by atoms with Gasteiger partial charge < -0.3 is 5.32 Å². The van der Waals surface area contributed by atoms with Crippen LogP contribution in [-0.4, -0.2) is 0 Å². The molecular weight excluding hydrogens is 354 g/mol. The Bertz CT molecular complexity index is 552. The highest BCUT2D eigenvalue weighted by molar-refractivity contribution is 9.11. The summed E-state index contributed by atoms with van der Waals surface area (Å²) in [7, 11) is 0. The van der Waals surface area contributed by atoms with Crippen LogP contribution in [0.15, 0.2) is 51.4 Å². The quantitative estimate of drug-likeness (QED) is 0.733. The summed E-state index contributed by atoms with van der Waals surface area (Å²) in [6, 6.07) is 15.0. The lowest BCUT2D eigenvalue weighted by Gasteiger charge is -2.17. The summed E-state index contributed by atoms with van der Waals surface area (Å²) >= 11 is 7.06. The fraction of sp³-hybridized carbons (Fsp3) is 0.200. The van der Waals surface area contributed by atoms with Crippen molar-refractivity contribution in [2.45, 2.75) is 19.9 Å². The van der Waals surface area contributed by atoms with E-state index in [1.54, 1.807) is 0 Å². The van der Waals surface area contributed by atoms with Gasteiger partial charge in [-0.1, -0.05) is 45.8 Å². The van der Waals surface area contributed by atoms with E-state index in [2.05, 4.69) is 81.4 Å². The Morgan fingerprint density at radius 1 is 1.06 bits per heavy atom. The van der Waals surface area contributed by atoms with Crippen molar-refractivity contribution in [2.75, 3.05) is 5.32 Å². The lowest BCUT2D eigenvalue weighted by Crippen LogP contribution is -2.07. The van der Waals surface area contributed by atoms with Crippen LogP contribution in [0.4, 0.5) is 5.69 Å². The van der Waals surface area contributed by atoms with Gasteiger partial charge in [-0.25, -0.2) is 0 Å². The third kappa shape index (κ3) is 3.36. The molecule has 0 spiro atoms. The van der Waals surface area contributed by atoms with E-state index in [4.69, 9.17) is 0 Å². The first kappa shape index (κ1) is 13.6. The molecule has 1 nitrogen and oxygen atoms in total. The molecule has 0 aliphatic carbocycles. The number of hydrogen-bond acceptors (Lipinski definition) is 1. The molecule has 3 heteroatoms. The molecule has 2 rings (SSSR count). The first-order valence-electron chi connectivity index (χ1n) is 5.84. The van der Waals surface area contributed by atoms with Crippen LogP contribution in [0, 0.1) is 6.92 Å². The van der Waals surface area contributed by atoms with Gasteiger partial charge in [0.1, 0.15) is 0 Å². The lowest BCUT2D eigenvalue weighted by atomic mass is 10.1. The molecule has 1 N–H and O–H groups in total. The molecule has 2 aromatic rings. The number of halogens is 2. The van der Waals surface area contributed by atoms with E-state index in [0.29, 0.717) is 0 Å². The van der Waals surface area contributed by atoms with Crippen LogP contribution in [0.3, 0.4) is 0 Å². The minimum Gasteiger partial charge on any atom is -0.378 e. The van der Waals surface area contributed by atoms with Gasteiger partial charge in [0.15, 0.2) is 0 Å². The van der Waals surface area contributed by atoms with Crippen molar-refractivity contribution in [3.8, 4) is 0 Å². The minimum absolute atomic E-state index is 0.274. The average molecular weight is 369 g/mol. The third-order valence-electron chi connectivity index (χ3n) is 2.84. The number of anilines is 1. The third-order valence-corrected chi connectivity index (χ3v) is 4.03. The van der Waals surface area contributed by atoms with E-state index in [0.717, 1.165) is 14.6 Å². The van der Waals surface area contributed by atoms with Gasteiger partial charge in [-0.2, -0.15) is 0 Å². The molecule has 1 unspecified atom stereocenters. The van der Waals surface area contributed by atoms with Gasteiger partial charge in [0.25, 0.3) is 0 Å². The van der Waals surface area contributed by atoms with Crippen molar-refractivity contribution in [3.05, 3.63) is 62.5 Å². The van der Waals surface area contributed by atoms with Crippen molar-refractivity contribution < 1.29 is 0 Å². The number of benzene rings is 2. The van der Waals surface area contributed by atoms with E-state index >= 15 is 0 Å². The molecule has 94 valence electrons. The molecule has 0 heterocycles. The zero-order chi connectivity index (χ0) is 13.1. The van der Waals surface area contributed by atoms with Crippen LogP contribution in [0.25, 0.3) is 0 Å². The first-order chi connectivity index (χ1) is 8.56. The fourth-order valence-corrected chi connectivity index (χ4v) is 2.59. The van der Waals surface area contributed by atoms with Crippen LogP contribution >= 0.6 is 31.9 Å². The van der Waals surface area contributed by atoms with E-state index in [1.165, 1.54) is 11.1 Å². The molecule has 0 saturated carbocycles. The first-order valence-corrected chi connectivity index (χ1v) is 7.43. The number of aryl methyl sites for hydroxylation is 1. The maximum Gasteiger partial charge on any atom is 0.0500 e. The van der Waals surface area contributed by atoms with Crippen LogP contribution in [0.2, 0.25) is 0 Å². The number of hydrogen-bond donors (Lipinski definition) is 1. The molecule has 0 aliphatic rings. The van der Waals surface area contributed by atoms with E-state index in [9.17, 15) is 0 Å². The normalized spacial score (nSPS) is 12.2. The highest BCUT2D eigenvalue weighted by Crippen LogP contribution is 2.29. The zero-order valence-corrected chi connectivity index (χ0v) is 13.5. The molecular formula is C15H15Br2N.